The van der Waals surface area contributed by atoms with Gasteiger partial charge in [-0.15, -0.1) is 0 Å². The zero-order chi connectivity index (χ0) is 31.4. The van der Waals surface area contributed by atoms with Crippen LogP contribution in [-0.4, -0.2) is 66.4 Å². The molecule has 0 spiro atoms. The van der Waals surface area contributed by atoms with Crippen molar-refractivity contribution in [2.75, 3.05) is 44.7 Å². The van der Waals surface area contributed by atoms with Crippen LogP contribution in [0.5, 0.6) is 0 Å². The monoisotopic (exact) mass is 612 g/mol. The fourth-order valence-electron chi connectivity index (χ4n) is 8.44. The molecule has 1 aromatic heterocycles. The smallest absolute Gasteiger partial charge is 0.407 e. The third-order valence-corrected chi connectivity index (χ3v) is 10.6. The van der Waals surface area contributed by atoms with Crippen LogP contribution in [0.1, 0.15) is 56.0 Å². The molecule has 9 heteroatoms. The van der Waals surface area contributed by atoms with E-state index in [2.05, 4.69) is 49.9 Å². The van der Waals surface area contributed by atoms with E-state index in [4.69, 9.17) is 10.00 Å². The van der Waals surface area contributed by atoms with Gasteiger partial charge in [-0.3, -0.25) is 0 Å². The zero-order valence-corrected chi connectivity index (χ0v) is 26.5. The largest absolute Gasteiger partial charge is 0.446 e. The van der Waals surface area contributed by atoms with Crippen LogP contribution >= 0.6 is 0 Å². The van der Waals surface area contributed by atoms with Gasteiger partial charge in [0.1, 0.15) is 17.7 Å². The Morgan fingerprint density at radius 3 is 2.60 bits per heavy atom. The topological polar surface area (TPSA) is 86.4 Å². The number of amides is 1. The number of nitriles is 1. The normalized spacial score (nSPS) is 22.4. The lowest BCUT2D eigenvalue weighted by Gasteiger charge is -2.51. The lowest BCUT2D eigenvalue weighted by Crippen LogP contribution is -2.55. The van der Waals surface area contributed by atoms with Gasteiger partial charge in [-0.25, -0.2) is 14.2 Å². The predicted octanol–water partition coefficient (Wildman–Crippen LogP) is 5.77. The Labute approximate surface area is 266 Å². The molecule has 6 rings (SSSR count). The standard InChI is InChI=1S/C36H45FN6O2/c1-3-34-40-16-19-42(34)25-36(29-6-4-7-30(37)20-29,32-8-5-9-33(32)45-35(44)39-2)28-14-17-41(18-15-28)22-27-23-43(24-27)31-12-10-26(21-38)11-13-31/h4,6-7,10-13,16,19-20,27-28,32-33H,3,5,8-9,14-15,17-18,22-25H2,1-2H3,(H,39,44)/t32-,33-,36?/m0/s1. The lowest BCUT2D eigenvalue weighted by molar-refractivity contribution is 0.00161. The number of piperidine rings is 1. The van der Waals surface area contributed by atoms with E-state index >= 15 is 4.39 Å². The predicted molar refractivity (Wildman–Crippen MR) is 172 cm³/mol. The van der Waals surface area contributed by atoms with E-state index in [1.54, 1.807) is 13.1 Å². The van der Waals surface area contributed by atoms with Crippen molar-refractivity contribution < 1.29 is 13.9 Å². The van der Waals surface area contributed by atoms with E-state index in [0.29, 0.717) is 18.0 Å². The first-order chi connectivity index (χ1) is 21.9. The highest BCUT2D eigenvalue weighted by Crippen LogP contribution is 2.52. The molecule has 2 saturated heterocycles. The van der Waals surface area contributed by atoms with Gasteiger partial charge in [-0.1, -0.05) is 19.1 Å². The van der Waals surface area contributed by atoms with Crippen LogP contribution in [0.2, 0.25) is 0 Å². The molecule has 2 aromatic carbocycles. The van der Waals surface area contributed by atoms with Crippen molar-refractivity contribution in [3.05, 3.63) is 83.7 Å². The fraction of sp³-hybridized carbons (Fsp3) is 0.528. The summed E-state index contributed by atoms with van der Waals surface area (Å²) < 4.78 is 23.4. The highest BCUT2D eigenvalue weighted by Gasteiger charge is 2.53. The molecule has 0 radical (unpaired) electrons. The fourth-order valence-corrected chi connectivity index (χ4v) is 8.44. The number of carbonyl (C=O) groups is 1. The molecule has 3 aliphatic rings. The molecule has 1 saturated carbocycles. The van der Waals surface area contributed by atoms with Crippen molar-refractivity contribution in [3.8, 4) is 6.07 Å². The van der Waals surface area contributed by atoms with Crippen LogP contribution in [0, 0.1) is 34.9 Å². The molecule has 3 aromatic rings. The van der Waals surface area contributed by atoms with Gasteiger partial charge in [0.15, 0.2) is 0 Å². The van der Waals surface area contributed by atoms with E-state index in [9.17, 15) is 4.79 Å². The van der Waals surface area contributed by atoms with Crippen molar-refractivity contribution in [1.82, 2.24) is 19.8 Å². The first kappa shape index (κ1) is 31.1. The summed E-state index contributed by atoms with van der Waals surface area (Å²) in [5, 5.41) is 11.8. The van der Waals surface area contributed by atoms with Crippen LogP contribution in [0.4, 0.5) is 14.9 Å². The second-order valence-electron chi connectivity index (χ2n) is 13.1. The van der Waals surface area contributed by atoms with Crippen LogP contribution in [-0.2, 0) is 23.1 Å². The summed E-state index contributed by atoms with van der Waals surface area (Å²) in [6.45, 7) is 7.92. The van der Waals surface area contributed by atoms with Crippen molar-refractivity contribution in [3.63, 3.8) is 0 Å². The van der Waals surface area contributed by atoms with Gasteiger partial charge in [-0.05, 0) is 93.1 Å². The molecule has 1 N–H and O–H groups in total. The highest BCUT2D eigenvalue weighted by atomic mass is 19.1. The second kappa shape index (κ2) is 13.6. The van der Waals surface area contributed by atoms with Gasteiger partial charge in [0, 0.05) is 75.0 Å². The van der Waals surface area contributed by atoms with Gasteiger partial charge in [-0.2, -0.15) is 5.26 Å². The number of carbonyl (C=O) groups excluding carboxylic acids is 1. The van der Waals surface area contributed by atoms with E-state index in [-0.39, 0.29) is 23.8 Å². The molecule has 0 bridgehead atoms. The van der Waals surface area contributed by atoms with Gasteiger partial charge in [0.05, 0.1) is 11.6 Å². The minimum Gasteiger partial charge on any atom is -0.446 e. The second-order valence-corrected chi connectivity index (χ2v) is 13.1. The minimum atomic E-state index is -0.420. The summed E-state index contributed by atoms with van der Waals surface area (Å²) in [6, 6.07) is 17.2. The molecule has 3 atom stereocenters. The van der Waals surface area contributed by atoms with Crippen LogP contribution in [0.3, 0.4) is 0 Å². The summed E-state index contributed by atoms with van der Waals surface area (Å²) in [5.41, 5.74) is 2.46. The molecule has 45 heavy (non-hydrogen) atoms. The number of nitrogens with zero attached hydrogens (tertiary/aromatic N) is 5. The van der Waals surface area contributed by atoms with Crippen molar-refractivity contribution in [2.45, 2.75) is 63.5 Å². The number of alkyl carbamates (subject to hydrolysis) is 1. The van der Waals surface area contributed by atoms with Gasteiger partial charge in [0.2, 0.25) is 0 Å². The Kier molecular flexibility index (Phi) is 9.41. The summed E-state index contributed by atoms with van der Waals surface area (Å²) in [4.78, 5) is 22.2. The van der Waals surface area contributed by atoms with Gasteiger partial charge >= 0.3 is 6.09 Å². The van der Waals surface area contributed by atoms with E-state index < -0.39 is 11.5 Å². The molecule has 1 aliphatic carbocycles. The Morgan fingerprint density at radius 2 is 1.91 bits per heavy atom. The summed E-state index contributed by atoms with van der Waals surface area (Å²) in [6.07, 6.45) is 8.83. The molecule has 1 unspecified atom stereocenters. The Morgan fingerprint density at radius 1 is 1.13 bits per heavy atom. The Hall–Kier alpha value is -3.90. The van der Waals surface area contributed by atoms with E-state index in [1.807, 2.05) is 36.5 Å². The maximum atomic E-state index is 15.0. The number of aryl methyl sites for hydroxylation is 1. The number of imidazole rings is 1. The number of hydrogen-bond acceptors (Lipinski definition) is 6. The number of anilines is 1. The van der Waals surface area contributed by atoms with Crippen LogP contribution in [0.25, 0.3) is 0 Å². The summed E-state index contributed by atoms with van der Waals surface area (Å²) >= 11 is 0. The van der Waals surface area contributed by atoms with Crippen LogP contribution < -0.4 is 10.2 Å². The van der Waals surface area contributed by atoms with Crippen LogP contribution in [0.15, 0.2) is 60.9 Å². The third-order valence-electron chi connectivity index (χ3n) is 10.6. The van der Waals surface area contributed by atoms with Gasteiger partial charge < -0.3 is 24.4 Å². The highest BCUT2D eigenvalue weighted by molar-refractivity contribution is 5.67. The van der Waals surface area contributed by atoms with Gasteiger partial charge in [0.25, 0.3) is 0 Å². The zero-order valence-electron chi connectivity index (χ0n) is 26.5. The Bertz CT molecular complexity index is 1490. The maximum absolute atomic E-state index is 15.0. The molecule has 8 nitrogen and oxygen atoms in total. The maximum Gasteiger partial charge on any atom is 0.407 e. The number of ether oxygens (including phenoxy) is 1. The SMILES string of the molecule is CCc1nccn1CC(c1cccc(F)c1)(C1CCN(CC2CN(c3ccc(C#N)cc3)C2)CC1)[C@H]1CCC[C@@H]1OC(=O)NC. The number of rotatable bonds is 10. The quantitative estimate of drug-likeness (QED) is 0.313. The minimum absolute atomic E-state index is 0.0628. The lowest BCUT2D eigenvalue weighted by atomic mass is 9.58. The van der Waals surface area contributed by atoms with Crippen molar-refractivity contribution in [1.29, 1.82) is 5.26 Å². The summed E-state index contributed by atoms with van der Waals surface area (Å²) in [5.74, 6) is 1.76. The average molecular weight is 613 g/mol. The first-order valence-corrected chi connectivity index (χ1v) is 16.5. The van der Waals surface area contributed by atoms with E-state index in [1.165, 1.54) is 11.8 Å². The number of benzene rings is 2. The molecule has 3 fully saturated rings. The number of likely N-dealkylation sites (tertiary alicyclic amines) is 1. The molecular formula is C36H45FN6O2. The molecule has 3 heterocycles. The first-order valence-electron chi connectivity index (χ1n) is 16.5. The number of hydrogen-bond donors (Lipinski definition) is 1. The third kappa shape index (κ3) is 6.44. The Balaban J connectivity index is 1.23. The number of nitrogens with one attached hydrogen (secondary N) is 1. The number of halogens is 1. The molecule has 238 valence electrons. The average Bonchev–Trinajstić information content (AvgIpc) is 3.71. The summed E-state index contributed by atoms with van der Waals surface area (Å²) in [7, 11) is 1.60. The molecule has 2 aliphatic heterocycles. The molecular weight excluding hydrogens is 567 g/mol. The number of aromatic nitrogens is 2. The molecule has 1 amide bonds. The van der Waals surface area contributed by atoms with E-state index in [0.717, 1.165) is 82.6 Å². The van der Waals surface area contributed by atoms with Crippen molar-refractivity contribution in [2.24, 2.45) is 17.8 Å². The van der Waals surface area contributed by atoms with Crippen molar-refractivity contribution >= 4 is 11.8 Å².